The van der Waals surface area contributed by atoms with Gasteiger partial charge in [0.2, 0.25) is 5.82 Å². The molecule has 5 rings (SSSR count). The van der Waals surface area contributed by atoms with Gasteiger partial charge in [0.1, 0.15) is 5.75 Å². The van der Waals surface area contributed by atoms with Crippen LogP contribution in [0.25, 0.3) is 39.3 Å². The number of fused-ring (bicyclic) bond motifs is 1. The number of hydrogen-bond acceptors (Lipinski definition) is 5. The molecule has 6 nitrogen and oxygen atoms in total. The number of rotatable bonds is 6. The van der Waals surface area contributed by atoms with Crippen molar-refractivity contribution >= 4 is 10.8 Å². The fourth-order valence-corrected chi connectivity index (χ4v) is 3.95. The molecule has 0 aliphatic heterocycles. The Kier molecular flexibility index (Phi) is 5.72. The molecule has 0 saturated carbocycles. The number of pyridine rings is 1. The Bertz CT molecular complexity index is 1500. The zero-order valence-corrected chi connectivity index (χ0v) is 19.4. The Morgan fingerprint density at radius 2 is 1.65 bits per heavy atom. The summed E-state index contributed by atoms with van der Waals surface area (Å²) in [5.41, 5.74) is 3.43. The molecule has 2 aromatic heterocycles. The Hall–Kier alpha value is -4.19. The van der Waals surface area contributed by atoms with Crippen LogP contribution >= 0.6 is 0 Å². The highest BCUT2D eigenvalue weighted by Crippen LogP contribution is 2.29. The molecule has 2 heterocycles. The molecule has 0 N–H and O–H groups in total. The lowest BCUT2D eigenvalue weighted by Gasteiger charge is -2.11. The van der Waals surface area contributed by atoms with Gasteiger partial charge in [0, 0.05) is 28.2 Å². The second kappa shape index (κ2) is 8.98. The predicted octanol–water partition coefficient (Wildman–Crippen LogP) is 6.06. The second-order valence-corrected chi connectivity index (χ2v) is 8.40. The number of aryl methyl sites for hydroxylation is 1. The fraction of sp³-hybridized carbons (Fsp3) is 0.179. The third-order valence-electron chi connectivity index (χ3n) is 5.69. The topological polar surface area (TPSA) is 70.2 Å². The van der Waals surface area contributed by atoms with Gasteiger partial charge < -0.3 is 9.26 Å². The van der Waals surface area contributed by atoms with E-state index in [0.29, 0.717) is 22.7 Å². The Morgan fingerprint density at radius 1 is 0.941 bits per heavy atom. The average molecular weight is 452 g/mol. The zero-order valence-electron chi connectivity index (χ0n) is 19.4. The second-order valence-electron chi connectivity index (χ2n) is 8.40. The van der Waals surface area contributed by atoms with Crippen molar-refractivity contribution in [3.05, 3.63) is 94.9 Å². The third kappa shape index (κ3) is 4.10. The highest BCUT2D eigenvalue weighted by molar-refractivity contribution is 5.94. The first-order valence-electron chi connectivity index (χ1n) is 11.4. The summed E-state index contributed by atoms with van der Waals surface area (Å²) in [5, 5.41) is 5.55. The molecule has 0 amide bonds. The van der Waals surface area contributed by atoms with E-state index in [9.17, 15) is 4.79 Å². The summed E-state index contributed by atoms with van der Waals surface area (Å²) in [4.78, 5) is 17.9. The van der Waals surface area contributed by atoms with Gasteiger partial charge in [-0.15, -0.1) is 0 Å². The van der Waals surface area contributed by atoms with E-state index < -0.39 is 0 Å². The van der Waals surface area contributed by atoms with Crippen LogP contribution in [0.15, 0.2) is 88.3 Å². The molecular formula is C28H25N3O3. The Labute approximate surface area is 197 Å². The highest BCUT2D eigenvalue weighted by atomic mass is 16.5. The maximum Gasteiger partial charge on any atom is 0.262 e. The summed E-state index contributed by atoms with van der Waals surface area (Å²) in [6.45, 7) is 6.08. The minimum Gasteiger partial charge on any atom is -0.491 e. The fourth-order valence-electron chi connectivity index (χ4n) is 3.95. The van der Waals surface area contributed by atoms with Gasteiger partial charge in [-0.1, -0.05) is 42.4 Å². The predicted molar refractivity (Wildman–Crippen MR) is 133 cm³/mol. The van der Waals surface area contributed by atoms with Crippen molar-refractivity contribution in [2.75, 3.05) is 0 Å². The number of hydrogen-bond donors (Lipinski definition) is 0. The SMILES string of the molecule is CCc1ccc(-n2cc(-c3nc(-c4ccc(OC(C)C)cc4)no3)c3ccccc3c2=O)cc1. The van der Waals surface area contributed by atoms with Crippen molar-refractivity contribution in [3.63, 3.8) is 0 Å². The summed E-state index contributed by atoms with van der Waals surface area (Å²) in [5.74, 6) is 1.61. The van der Waals surface area contributed by atoms with Gasteiger partial charge in [0.15, 0.2) is 0 Å². The van der Waals surface area contributed by atoms with Crippen LogP contribution in [0.2, 0.25) is 0 Å². The van der Waals surface area contributed by atoms with Crippen LogP contribution in [0, 0.1) is 0 Å². The molecule has 0 bridgehead atoms. The number of nitrogens with zero attached hydrogens (tertiary/aromatic N) is 3. The molecule has 170 valence electrons. The molecule has 0 saturated heterocycles. The van der Waals surface area contributed by atoms with Crippen molar-refractivity contribution in [1.82, 2.24) is 14.7 Å². The minimum absolute atomic E-state index is 0.0934. The van der Waals surface area contributed by atoms with Crippen molar-refractivity contribution in [2.24, 2.45) is 0 Å². The van der Waals surface area contributed by atoms with Crippen LogP contribution in [-0.4, -0.2) is 20.8 Å². The molecule has 0 radical (unpaired) electrons. The first kappa shape index (κ1) is 21.6. The van der Waals surface area contributed by atoms with Crippen LogP contribution < -0.4 is 10.3 Å². The minimum atomic E-state index is -0.0934. The van der Waals surface area contributed by atoms with Gasteiger partial charge in [-0.05, 0) is 68.3 Å². The van der Waals surface area contributed by atoms with Crippen molar-refractivity contribution in [1.29, 1.82) is 0 Å². The zero-order chi connectivity index (χ0) is 23.7. The number of ether oxygens (including phenoxy) is 1. The lowest BCUT2D eigenvalue weighted by molar-refractivity contribution is 0.242. The van der Waals surface area contributed by atoms with E-state index in [-0.39, 0.29) is 11.7 Å². The first-order chi connectivity index (χ1) is 16.5. The monoisotopic (exact) mass is 451 g/mol. The van der Waals surface area contributed by atoms with Crippen LogP contribution in [0.3, 0.4) is 0 Å². The van der Waals surface area contributed by atoms with Crippen LogP contribution in [-0.2, 0) is 6.42 Å². The summed E-state index contributed by atoms with van der Waals surface area (Å²) in [7, 11) is 0. The van der Waals surface area contributed by atoms with Crippen molar-refractivity contribution < 1.29 is 9.26 Å². The quantitative estimate of drug-likeness (QED) is 0.314. The van der Waals surface area contributed by atoms with Crippen molar-refractivity contribution in [3.8, 4) is 34.3 Å². The maximum absolute atomic E-state index is 13.3. The molecule has 0 aliphatic rings. The number of benzene rings is 3. The summed E-state index contributed by atoms with van der Waals surface area (Å²) < 4.78 is 13.0. The van der Waals surface area contributed by atoms with Gasteiger partial charge >= 0.3 is 0 Å². The van der Waals surface area contributed by atoms with Crippen LogP contribution in [0.5, 0.6) is 5.75 Å². The largest absolute Gasteiger partial charge is 0.491 e. The normalized spacial score (nSPS) is 11.3. The van der Waals surface area contributed by atoms with E-state index in [4.69, 9.17) is 9.26 Å². The molecule has 3 aromatic carbocycles. The highest BCUT2D eigenvalue weighted by Gasteiger charge is 2.17. The van der Waals surface area contributed by atoms with E-state index in [1.54, 1.807) is 10.8 Å². The van der Waals surface area contributed by atoms with Crippen LogP contribution in [0.1, 0.15) is 26.3 Å². The van der Waals surface area contributed by atoms with E-state index in [2.05, 4.69) is 17.1 Å². The molecule has 0 unspecified atom stereocenters. The van der Waals surface area contributed by atoms with E-state index in [0.717, 1.165) is 28.8 Å². The van der Waals surface area contributed by atoms with Gasteiger partial charge in [-0.2, -0.15) is 4.98 Å². The van der Waals surface area contributed by atoms with Crippen LogP contribution in [0.4, 0.5) is 0 Å². The molecule has 0 fully saturated rings. The molecular weight excluding hydrogens is 426 g/mol. The summed E-state index contributed by atoms with van der Waals surface area (Å²) >= 11 is 0. The van der Waals surface area contributed by atoms with Gasteiger partial charge in [-0.25, -0.2) is 0 Å². The summed E-state index contributed by atoms with van der Waals surface area (Å²) in [6, 6.07) is 23.1. The molecule has 5 aromatic rings. The molecule has 0 spiro atoms. The molecule has 0 atom stereocenters. The maximum atomic E-state index is 13.3. The van der Waals surface area contributed by atoms with Crippen molar-refractivity contribution in [2.45, 2.75) is 33.3 Å². The molecule has 6 heteroatoms. The molecule has 0 aliphatic carbocycles. The third-order valence-corrected chi connectivity index (χ3v) is 5.69. The van der Waals surface area contributed by atoms with E-state index >= 15 is 0 Å². The van der Waals surface area contributed by atoms with Gasteiger partial charge in [0.05, 0.1) is 11.7 Å². The van der Waals surface area contributed by atoms with E-state index in [1.165, 1.54) is 5.56 Å². The van der Waals surface area contributed by atoms with E-state index in [1.807, 2.05) is 86.6 Å². The lowest BCUT2D eigenvalue weighted by atomic mass is 10.1. The molecule has 34 heavy (non-hydrogen) atoms. The standard InChI is InChI=1S/C28H25N3O3/c1-4-19-9-13-21(14-10-19)31-17-25(23-7-5-6-8-24(23)28(31)32)27-29-26(30-34-27)20-11-15-22(16-12-20)33-18(2)3/h5-18H,4H2,1-3H3. The average Bonchev–Trinajstić information content (AvgIpc) is 3.35. The Morgan fingerprint density at radius 3 is 2.32 bits per heavy atom. The van der Waals surface area contributed by atoms with Gasteiger partial charge in [-0.3, -0.25) is 9.36 Å². The Balaban J connectivity index is 1.59. The van der Waals surface area contributed by atoms with Gasteiger partial charge in [0.25, 0.3) is 11.4 Å². The smallest absolute Gasteiger partial charge is 0.262 e. The lowest BCUT2D eigenvalue weighted by Crippen LogP contribution is -2.18. The number of aromatic nitrogens is 3. The first-order valence-corrected chi connectivity index (χ1v) is 11.4. The summed E-state index contributed by atoms with van der Waals surface area (Å²) in [6.07, 6.45) is 2.82.